The van der Waals surface area contributed by atoms with Crippen LogP contribution in [0.2, 0.25) is 0 Å². The van der Waals surface area contributed by atoms with Crippen LogP contribution in [0, 0.1) is 19.3 Å². The Bertz CT molecular complexity index is 360. The van der Waals surface area contributed by atoms with Gasteiger partial charge in [-0.1, -0.05) is 44.5 Å². The average molecular weight is 233 g/mol. The van der Waals surface area contributed by atoms with E-state index in [2.05, 4.69) is 65.2 Å². The van der Waals surface area contributed by atoms with Crippen LogP contribution in [0.25, 0.3) is 0 Å². The lowest BCUT2D eigenvalue weighted by Gasteiger charge is -2.30. The van der Waals surface area contributed by atoms with Crippen LogP contribution in [-0.2, 0) is 6.42 Å². The number of hydrogen-bond donors (Lipinski definition) is 1. The highest BCUT2D eigenvalue weighted by atomic mass is 14.9. The summed E-state index contributed by atoms with van der Waals surface area (Å²) in [6.45, 7) is 11.3. The molecule has 0 spiro atoms. The minimum absolute atomic E-state index is 0.326. The topological polar surface area (TPSA) is 12.0 Å². The highest BCUT2D eigenvalue weighted by molar-refractivity contribution is 5.30. The van der Waals surface area contributed by atoms with Crippen molar-refractivity contribution in [2.24, 2.45) is 5.41 Å². The van der Waals surface area contributed by atoms with Gasteiger partial charge in [0.2, 0.25) is 0 Å². The van der Waals surface area contributed by atoms with Crippen molar-refractivity contribution in [3.63, 3.8) is 0 Å². The number of aryl methyl sites for hydroxylation is 3. The van der Waals surface area contributed by atoms with E-state index in [-0.39, 0.29) is 0 Å². The lowest BCUT2D eigenvalue weighted by atomic mass is 9.83. The van der Waals surface area contributed by atoms with Gasteiger partial charge in [0.15, 0.2) is 0 Å². The molecule has 96 valence electrons. The first kappa shape index (κ1) is 14.2. The molecule has 0 amide bonds. The van der Waals surface area contributed by atoms with Crippen LogP contribution < -0.4 is 5.32 Å². The SMILES string of the molecule is CNC(CCc1cc(C)ccc1C)C(C)(C)C. The van der Waals surface area contributed by atoms with E-state index in [0.717, 1.165) is 6.42 Å². The Morgan fingerprint density at radius 1 is 1.18 bits per heavy atom. The van der Waals surface area contributed by atoms with Crippen LogP contribution in [0.3, 0.4) is 0 Å². The van der Waals surface area contributed by atoms with E-state index >= 15 is 0 Å². The molecule has 0 saturated heterocycles. The molecule has 1 N–H and O–H groups in total. The van der Waals surface area contributed by atoms with Crippen molar-refractivity contribution in [3.8, 4) is 0 Å². The molecule has 1 atom stereocenters. The maximum absolute atomic E-state index is 3.45. The van der Waals surface area contributed by atoms with Crippen molar-refractivity contribution < 1.29 is 0 Å². The summed E-state index contributed by atoms with van der Waals surface area (Å²) in [7, 11) is 2.07. The standard InChI is InChI=1S/C16H27N/c1-12-7-8-13(2)14(11-12)9-10-15(17-6)16(3,4)5/h7-8,11,15,17H,9-10H2,1-6H3. The second-order valence-electron chi connectivity index (χ2n) is 6.18. The van der Waals surface area contributed by atoms with Crippen LogP contribution >= 0.6 is 0 Å². The maximum Gasteiger partial charge on any atom is 0.0116 e. The number of rotatable bonds is 4. The summed E-state index contributed by atoms with van der Waals surface area (Å²) in [6.07, 6.45) is 2.36. The molecule has 0 fully saturated rings. The molecule has 1 rings (SSSR count). The molecule has 0 aromatic heterocycles. The zero-order valence-corrected chi connectivity index (χ0v) is 12.2. The molecule has 0 heterocycles. The molecule has 0 aliphatic carbocycles. The highest BCUT2D eigenvalue weighted by Gasteiger charge is 2.22. The second kappa shape index (κ2) is 5.68. The third-order valence-corrected chi connectivity index (χ3v) is 3.60. The Kier molecular flexibility index (Phi) is 4.76. The van der Waals surface area contributed by atoms with Crippen molar-refractivity contribution in [2.75, 3.05) is 7.05 Å². The Balaban J connectivity index is 2.69. The van der Waals surface area contributed by atoms with E-state index < -0.39 is 0 Å². The predicted octanol–water partition coefficient (Wildman–Crippen LogP) is 3.87. The van der Waals surface area contributed by atoms with Crippen LogP contribution in [-0.4, -0.2) is 13.1 Å². The largest absolute Gasteiger partial charge is 0.316 e. The van der Waals surface area contributed by atoms with Crippen LogP contribution in [0.5, 0.6) is 0 Å². The molecular weight excluding hydrogens is 206 g/mol. The molecule has 1 nitrogen and oxygen atoms in total. The van der Waals surface area contributed by atoms with E-state index in [1.54, 1.807) is 0 Å². The van der Waals surface area contributed by atoms with Gasteiger partial charge in [-0.2, -0.15) is 0 Å². The van der Waals surface area contributed by atoms with Gasteiger partial charge in [0.25, 0.3) is 0 Å². The monoisotopic (exact) mass is 233 g/mol. The lowest BCUT2D eigenvalue weighted by Crippen LogP contribution is -2.38. The van der Waals surface area contributed by atoms with Gasteiger partial charge >= 0.3 is 0 Å². The number of nitrogens with one attached hydrogen (secondary N) is 1. The number of hydrogen-bond acceptors (Lipinski definition) is 1. The summed E-state index contributed by atoms with van der Waals surface area (Å²) in [5.41, 5.74) is 4.60. The minimum atomic E-state index is 0.326. The smallest absolute Gasteiger partial charge is 0.0116 e. The van der Waals surface area contributed by atoms with Crippen LogP contribution in [0.4, 0.5) is 0 Å². The van der Waals surface area contributed by atoms with E-state index in [1.165, 1.54) is 23.1 Å². The van der Waals surface area contributed by atoms with Crippen LogP contribution in [0.1, 0.15) is 43.9 Å². The van der Waals surface area contributed by atoms with E-state index in [9.17, 15) is 0 Å². The van der Waals surface area contributed by atoms with Gasteiger partial charge in [0.05, 0.1) is 0 Å². The minimum Gasteiger partial charge on any atom is -0.316 e. The molecule has 1 heteroatoms. The quantitative estimate of drug-likeness (QED) is 0.832. The molecule has 0 radical (unpaired) electrons. The first-order valence-corrected chi connectivity index (χ1v) is 6.58. The van der Waals surface area contributed by atoms with E-state index in [1.807, 2.05) is 0 Å². The fourth-order valence-corrected chi connectivity index (χ4v) is 2.38. The Hall–Kier alpha value is -0.820. The molecule has 0 bridgehead atoms. The summed E-state index contributed by atoms with van der Waals surface area (Å²) in [5, 5.41) is 3.45. The Labute approximate surface area is 107 Å². The zero-order chi connectivity index (χ0) is 13.1. The molecule has 17 heavy (non-hydrogen) atoms. The Morgan fingerprint density at radius 2 is 1.82 bits per heavy atom. The lowest BCUT2D eigenvalue weighted by molar-refractivity contribution is 0.268. The van der Waals surface area contributed by atoms with Gasteiger partial charge in [-0.3, -0.25) is 0 Å². The first-order chi connectivity index (χ1) is 7.84. The van der Waals surface area contributed by atoms with Crippen molar-refractivity contribution in [2.45, 2.75) is 53.5 Å². The van der Waals surface area contributed by atoms with Gasteiger partial charge in [-0.05, 0) is 50.3 Å². The fraction of sp³-hybridized carbons (Fsp3) is 0.625. The predicted molar refractivity (Wildman–Crippen MR) is 76.5 cm³/mol. The molecule has 1 aromatic carbocycles. The maximum atomic E-state index is 3.45. The first-order valence-electron chi connectivity index (χ1n) is 6.58. The van der Waals surface area contributed by atoms with Crippen molar-refractivity contribution in [3.05, 3.63) is 34.9 Å². The average Bonchev–Trinajstić information content (AvgIpc) is 2.22. The third-order valence-electron chi connectivity index (χ3n) is 3.60. The second-order valence-corrected chi connectivity index (χ2v) is 6.18. The summed E-state index contributed by atoms with van der Waals surface area (Å²) in [4.78, 5) is 0. The van der Waals surface area contributed by atoms with Gasteiger partial charge < -0.3 is 5.32 Å². The normalized spacial score (nSPS) is 13.8. The van der Waals surface area contributed by atoms with Crippen molar-refractivity contribution >= 4 is 0 Å². The summed E-state index contributed by atoms with van der Waals surface area (Å²) < 4.78 is 0. The third kappa shape index (κ3) is 4.16. The molecule has 1 aromatic rings. The van der Waals surface area contributed by atoms with Gasteiger partial charge in [0.1, 0.15) is 0 Å². The zero-order valence-electron chi connectivity index (χ0n) is 12.2. The molecular formula is C16H27N. The van der Waals surface area contributed by atoms with Gasteiger partial charge in [0, 0.05) is 6.04 Å². The molecule has 0 aliphatic heterocycles. The number of benzene rings is 1. The molecule has 0 aliphatic rings. The van der Waals surface area contributed by atoms with Crippen LogP contribution in [0.15, 0.2) is 18.2 Å². The summed E-state index contributed by atoms with van der Waals surface area (Å²) in [6, 6.07) is 7.32. The summed E-state index contributed by atoms with van der Waals surface area (Å²) >= 11 is 0. The van der Waals surface area contributed by atoms with Crippen molar-refractivity contribution in [1.29, 1.82) is 0 Å². The fourth-order valence-electron chi connectivity index (χ4n) is 2.38. The van der Waals surface area contributed by atoms with Gasteiger partial charge in [-0.25, -0.2) is 0 Å². The highest BCUT2D eigenvalue weighted by Crippen LogP contribution is 2.23. The van der Waals surface area contributed by atoms with Crippen molar-refractivity contribution in [1.82, 2.24) is 5.32 Å². The summed E-state index contributed by atoms with van der Waals surface area (Å²) in [5.74, 6) is 0. The molecule has 1 unspecified atom stereocenters. The van der Waals surface area contributed by atoms with E-state index in [0.29, 0.717) is 11.5 Å². The Morgan fingerprint density at radius 3 is 2.35 bits per heavy atom. The van der Waals surface area contributed by atoms with E-state index in [4.69, 9.17) is 0 Å². The van der Waals surface area contributed by atoms with Gasteiger partial charge in [-0.15, -0.1) is 0 Å². The molecule has 0 saturated carbocycles.